The van der Waals surface area contributed by atoms with Gasteiger partial charge in [-0.1, -0.05) is 36.4 Å². The van der Waals surface area contributed by atoms with E-state index in [1.165, 1.54) is 37.1 Å². The van der Waals surface area contributed by atoms with Crippen molar-refractivity contribution >= 4 is 22.7 Å². The largest absolute Gasteiger partial charge is 0.324 e. The van der Waals surface area contributed by atoms with Gasteiger partial charge in [0.05, 0.1) is 0 Å². The summed E-state index contributed by atoms with van der Waals surface area (Å²) in [7, 11) is 0. The van der Waals surface area contributed by atoms with E-state index in [0.29, 0.717) is 29.6 Å². The summed E-state index contributed by atoms with van der Waals surface area (Å²) in [6, 6.07) is 21.1. The fourth-order valence-electron chi connectivity index (χ4n) is 6.38. The number of hydrogen-bond donors (Lipinski definition) is 1. The molecule has 2 fully saturated rings. The van der Waals surface area contributed by atoms with E-state index in [-0.39, 0.29) is 5.56 Å². The maximum Gasteiger partial charge on any atom is 0.260 e. The third-order valence-corrected chi connectivity index (χ3v) is 8.95. The number of hydrogen-bond acceptors (Lipinski definition) is 6. The lowest BCUT2D eigenvalue weighted by atomic mass is 9.92. The van der Waals surface area contributed by atoms with Crippen LogP contribution in [0.3, 0.4) is 0 Å². The van der Waals surface area contributed by atoms with Crippen molar-refractivity contribution < 1.29 is 0 Å². The summed E-state index contributed by atoms with van der Waals surface area (Å²) in [6.07, 6.45) is 9.66. The Labute approximate surface area is 252 Å². The SMILES string of the molecule is CCn1c(=O)c(-c2ccc(-c3cccnc3C)cc2C2CC2)cc2cnc(Nc3ccc(CCN4CCCC4)cc3)nc21. The van der Waals surface area contributed by atoms with Gasteiger partial charge in [0.25, 0.3) is 5.56 Å². The van der Waals surface area contributed by atoms with E-state index >= 15 is 0 Å². The molecular weight excluding hydrogens is 532 g/mol. The number of rotatable bonds is 9. The summed E-state index contributed by atoms with van der Waals surface area (Å²) in [6.45, 7) is 8.13. The fourth-order valence-corrected chi connectivity index (χ4v) is 6.38. The van der Waals surface area contributed by atoms with Crippen molar-refractivity contribution in [2.24, 2.45) is 0 Å². The van der Waals surface area contributed by atoms with Gasteiger partial charge in [0.2, 0.25) is 5.95 Å². The molecule has 1 N–H and O–H groups in total. The number of pyridine rings is 2. The summed E-state index contributed by atoms with van der Waals surface area (Å²) in [5.41, 5.74) is 9.13. The lowest BCUT2D eigenvalue weighted by Crippen LogP contribution is -2.22. The number of nitrogens with one attached hydrogen (secondary N) is 1. The van der Waals surface area contributed by atoms with Gasteiger partial charge in [-0.3, -0.25) is 14.3 Å². The van der Waals surface area contributed by atoms with Gasteiger partial charge in [-0.2, -0.15) is 4.98 Å². The highest BCUT2D eigenvalue weighted by Gasteiger charge is 2.28. The minimum atomic E-state index is -0.0192. The quantitative estimate of drug-likeness (QED) is 0.204. The Balaban J connectivity index is 1.18. The van der Waals surface area contributed by atoms with E-state index in [1.54, 1.807) is 4.57 Å². The van der Waals surface area contributed by atoms with E-state index in [4.69, 9.17) is 4.98 Å². The second kappa shape index (κ2) is 11.7. The van der Waals surface area contributed by atoms with Crippen LogP contribution in [-0.4, -0.2) is 44.1 Å². The Hall–Kier alpha value is -4.36. The number of fused-ring (bicyclic) bond motifs is 1. The first-order chi connectivity index (χ1) is 21.1. The molecule has 0 bridgehead atoms. The van der Waals surface area contributed by atoms with Crippen LogP contribution in [0.1, 0.15) is 55.3 Å². The first-order valence-electron chi connectivity index (χ1n) is 15.6. The fraction of sp³-hybridized carbons (Fsp3) is 0.333. The number of aromatic nitrogens is 4. The molecule has 0 atom stereocenters. The molecule has 1 aliphatic carbocycles. The highest BCUT2D eigenvalue weighted by molar-refractivity contribution is 5.84. The molecule has 7 heteroatoms. The molecule has 43 heavy (non-hydrogen) atoms. The van der Waals surface area contributed by atoms with Crippen LogP contribution in [0.15, 0.2) is 77.9 Å². The maximum absolute atomic E-state index is 14.0. The highest BCUT2D eigenvalue weighted by Crippen LogP contribution is 2.45. The molecule has 7 rings (SSSR count). The van der Waals surface area contributed by atoms with E-state index in [2.05, 4.69) is 68.7 Å². The van der Waals surface area contributed by atoms with Crippen LogP contribution in [0.25, 0.3) is 33.3 Å². The first kappa shape index (κ1) is 27.5. The average molecular weight is 571 g/mol. The normalized spacial score (nSPS) is 15.3. The smallest absolute Gasteiger partial charge is 0.260 e. The molecule has 1 saturated carbocycles. The van der Waals surface area contributed by atoms with Crippen LogP contribution < -0.4 is 10.9 Å². The van der Waals surface area contributed by atoms with E-state index in [1.807, 2.05) is 38.4 Å². The molecule has 7 nitrogen and oxygen atoms in total. The molecule has 1 saturated heterocycles. The molecule has 1 aliphatic heterocycles. The monoisotopic (exact) mass is 570 g/mol. The molecule has 0 spiro atoms. The molecule has 4 heterocycles. The molecule has 2 aromatic carbocycles. The van der Waals surface area contributed by atoms with E-state index < -0.39 is 0 Å². The lowest BCUT2D eigenvalue weighted by Gasteiger charge is -2.16. The number of likely N-dealkylation sites (tertiary alicyclic amines) is 1. The number of benzene rings is 2. The van der Waals surface area contributed by atoms with E-state index in [9.17, 15) is 4.79 Å². The van der Waals surface area contributed by atoms with Gasteiger partial charge in [0, 0.05) is 53.4 Å². The second-order valence-corrected chi connectivity index (χ2v) is 11.9. The highest BCUT2D eigenvalue weighted by atomic mass is 16.1. The molecular formula is C36H38N6O. The number of aryl methyl sites for hydroxylation is 2. The third kappa shape index (κ3) is 5.69. The third-order valence-electron chi connectivity index (χ3n) is 8.95. The maximum atomic E-state index is 14.0. The molecule has 0 radical (unpaired) electrons. The summed E-state index contributed by atoms with van der Waals surface area (Å²) in [4.78, 5) is 30.4. The molecule has 5 aromatic rings. The molecule has 2 aliphatic rings. The summed E-state index contributed by atoms with van der Waals surface area (Å²) < 4.78 is 1.77. The van der Waals surface area contributed by atoms with Gasteiger partial charge in [-0.25, -0.2) is 4.98 Å². The second-order valence-electron chi connectivity index (χ2n) is 11.9. The Morgan fingerprint density at radius 3 is 2.49 bits per heavy atom. The van der Waals surface area contributed by atoms with Crippen molar-refractivity contribution in [3.05, 3.63) is 100 Å². The number of nitrogens with zero attached hydrogens (tertiary/aromatic N) is 5. The van der Waals surface area contributed by atoms with Crippen LogP contribution in [0.2, 0.25) is 0 Å². The zero-order valence-electron chi connectivity index (χ0n) is 25.0. The zero-order chi connectivity index (χ0) is 29.3. The standard InChI is InChI=1S/C36H38N6O/c1-3-42-34-28(23-38-36(40-34)39-29-13-8-25(9-14-29)16-20-41-18-4-5-19-41)22-33(35(42)43)31-15-12-27(21-32(31)26-10-11-26)30-7-6-17-37-24(30)2/h6-9,12-15,17,21-23,26H,3-5,10-11,16,18-20H2,1-2H3,(H,38,39,40). The Kier molecular flexibility index (Phi) is 7.49. The van der Waals surface area contributed by atoms with Gasteiger partial charge in [0.1, 0.15) is 5.65 Å². The minimum Gasteiger partial charge on any atom is -0.324 e. The zero-order valence-corrected chi connectivity index (χ0v) is 25.0. The van der Waals surface area contributed by atoms with Crippen LogP contribution in [0, 0.1) is 6.92 Å². The van der Waals surface area contributed by atoms with Crippen molar-refractivity contribution in [1.82, 2.24) is 24.4 Å². The summed E-state index contributed by atoms with van der Waals surface area (Å²) >= 11 is 0. The molecule has 218 valence electrons. The average Bonchev–Trinajstić information content (AvgIpc) is 3.75. The Morgan fingerprint density at radius 1 is 0.930 bits per heavy atom. The first-order valence-corrected chi connectivity index (χ1v) is 15.6. The lowest BCUT2D eigenvalue weighted by molar-refractivity contribution is 0.343. The van der Waals surface area contributed by atoms with Gasteiger partial charge in [-0.05, 0) is 111 Å². The van der Waals surface area contributed by atoms with Gasteiger partial charge in [-0.15, -0.1) is 0 Å². The van der Waals surface area contributed by atoms with Gasteiger partial charge >= 0.3 is 0 Å². The van der Waals surface area contributed by atoms with Crippen molar-refractivity contribution in [3.8, 4) is 22.3 Å². The van der Waals surface area contributed by atoms with Gasteiger partial charge in [0.15, 0.2) is 0 Å². The molecule has 3 aromatic heterocycles. The topological polar surface area (TPSA) is 75.9 Å². The number of anilines is 2. The minimum absolute atomic E-state index is 0.0192. The van der Waals surface area contributed by atoms with Crippen LogP contribution in [0.5, 0.6) is 0 Å². The van der Waals surface area contributed by atoms with Crippen LogP contribution in [0.4, 0.5) is 11.6 Å². The van der Waals surface area contributed by atoms with E-state index in [0.717, 1.165) is 59.3 Å². The Morgan fingerprint density at radius 2 is 1.74 bits per heavy atom. The Bertz CT molecular complexity index is 1830. The molecule has 0 unspecified atom stereocenters. The van der Waals surface area contributed by atoms with Crippen molar-refractivity contribution in [2.45, 2.75) is 58.4 Å². The summed E-state index contributed by atoms with van der Waals surface area (Å²) in [5, 5.41) is 4.20. The van der Waals surface area contributed by atoms with Crippen molar-refractivity contribution in [1.29, 1.82) is 0 Å². The van der Waals surface area contributed by atoms with Crippen molar-refractivity contribution in [2.75, 3.05) is 25.0 Å². The van der Waals surface area contributed by atoms with Gasteiger partial charge < -0.3 is 10.2 Å². The van der Waals surface area contributed by atoms with Crippen molar-refractivity contribution in [3.63, 3.8) is 0 Å². The van der Waals surface area contributed by atoms with Crippen LogP contribution in [-0.2, 0) is 13.0 Å². The van der Waals surface area contributed by atoms with Crippen LogP contribution >= 0.6 is 0 Å². The summed E-state index contributed by atoms with van der Waals surface area (Å²) in [5.74, 6) is 0.966. The molecule has 0 amide bonds. The predicted octanol–water partition coefficient (Wildman–Crippen LogP) is 7.11. The predicted molar refractivity (Wildman–Crippen MR) is 174 cm³/mol.